The normalized spacial score (nSPS) is 17.6. The minimum Gasteiger partial charge on any atom is -0.314 e. The molecule has 0 aliphatic heterocycles. The van der Waals surface area contributed by atoms with Crippen LogP contribution in [-0.4, -0.2) is 27.0 Å². The van der Waals surface area contributed by atoms with Gasteiger partial charge in [-0.15, -0.1) is 11.3 Å². The van der Waals surface area contributed by atoms with Gasteiger partial charge >= 0.3 is 0 Å². The van der Waals surface area contributed by atoms with E-state index < -0.39 is 10.0 Å². The zero-order chi connectivity index (χ0) is 14.8. The zero-order valence-electron chi connectivity index (χ0n) is 12.3. The van der Waals surface area contributed by atoms with Crippen molar-refractivity contribution in [2.45, 2.75) is 56.3 Å². The van der Waals surface area contributed by atoms with Crippen molar-refractivity contribution >= 4 is 21.4 Å². The summed E-state index contributed by atoms with van der Waals surface area (Å²) in [6.45, 7) is 6.85. The van der Waals surface area contributed by atoms with Crippen LogP contribution in [0.5, 0.6) is 0 Å². The first-order valence-electron chi connectivity index (χ1n) is 7.23. The summed E-state index contributed by atoms with van der Waals surface area (Å²) in [4.78, 5) is 1.12. The molecule has 0 amide bonds. The molecule has 1 atom stereocenters. The molecule has 0 aromatic carbocycles. The Morgan fingerprint density at radius 3 is 2.60 bits per heavy atom. The van der Waals surface area contributed by atoms with Gasteiger partial charge in [0.1, 0.15) is 4.21 Å². The summed E-state index contributed by atoms with van der Waals surface area (Å²) in [7, 11) is -3.36. The second kappa shape index (κ2) is 6.56. The van der Waals surface area contributed by atoms with Crippen LogP contribution >= 0.6 is 11.3 Å². The minimum absolute atomic E-state index is 0.0536. The molecule has 1 aliphatic carbocycles. The van der Waals surface area contributed by atoms with Gasteiger partial charge < -0.3 is 5.32 Å². The van der Waals surface area contributed by atoms with Crippen molar-refractivity contribution in [2.75, 3.05) is 6.54 Å². The van der Waals surface area contributed by atoms with Crippen LogP contribution in [0.3, 0.4) is 0 Å². The average molecular weight is 316 g/mol. The molecule has 0 radical (unpaired) electrons. The first-order chi connectivity index (χ1) is 9.38. The van der Waals surface area contributed by atoms with E-state index in [4.69, 9.17) is 0 Å². The Bertz CT molecular complexity index is 533. The largest absolute Gasteiger partial charge is 0.314 e. The maximum atomic E-state index is 12.2. The van der Waals surface area contributed by atoms with Gasteiger partial charge in [0.05, 0.1) is 0 Å². The molecule has 4 nitrogen and oxygen atoms in total. The topological polar surface area (TPSA) is 58.2 Å². The lowest BCUT2D eigenvalue weighted by molar-refractivity contribution is 0.477. The summed E-state index contributed by atoms with van der Waals surface area (Å²) in [6.07, 6.45) is 3.46. The molecule has 1 fully saturated rings. The summed E-state index contributed by atoms with van der Waals surface area (Å²) in [5, 5.41) is 3.44. The smallest absolute Gasteiger partial charge is 0.250 e. The maximum Gasteiger partial charge on any atom is 0.250 e. The molecule has 1 saturated carbocycles. The van der Waals surface area contributed by atoms with E-state index in [9.17, 15) is 8.42 Å². The number of sulfonamides is 1. The Morgan fingerprint density at radius 1 is 1.30 bits per heavy atom. The lowest BCUT2D eigenvalue weighted by Crippen LogP contribution is -2.35. The first-order valence-corrected chi connectivity index (χ1v) is 9.53. The van der Waals surface area contributed by atoms with E-state index >= 15 is 0 Å². The van der Waals surface area contributed by atoms with Gasteiger partial charge in [-0.05, 0) is 44.2 Å². The lowest BCUT2D eigenvalue weighted by Gasteiger charge is -2.16. The Kier molecular flexibility index (Phi) is 5.23. The lowest BCUT2D eigenvalue weighted by atomic mass is 10.1. The van der Waals surface area contributed by atoms with Gasteiger partial charge in [-0.3, -0.25) is 0 Å². The number of hydrogen-bond acceptors (Lipinski definition) is 4. The molecular weight excluding hydrogens is 292 g/mol. The van der Waals surface area contributed by atoms with E-state index in [-0.39, 0.29) is 12.0 Å². The minimum atomic E-state index is -3.36. The van der Waals surface area contributed by atoms with Crippen LogP contribution in [0.25, 0.3) is 0 Å². The van der Waals surface area contributed by atoms with Crippen molar-refractivity contribution in [2.24, 2.45) is 5.92 Å². The fraction of sp³-hybridized carbons (Fsp3) is 0.714. The highest BCUT2D eigenvalue weighted by Gasteiger charge is 2.22. The van der Waals surface area contributed by atoms with Gasteiger partial charge in [0.2, 0.25) is 10.0 Å². The molecule has 6 heteroatoms. The fourth-order valence-electron chi connectivity index (χ4n) is 1.76. The van der Waals surface area contributed by atoms with E-state index in [0.29, 0.717) is 10.3 Å². The van der Waals surface area contributed by atoms with Crippen molar-refractivity contribution in [1.82, 2.24) is 10.0 Å². The van der Waals surface area contributed by atoms with Gasteiger partial charge in [0, 0.05) is 23.5 Å². The predicted molar refractivity (Wildman–Crippen MR) is 83.7 cm³/mol. The molecule has 114 valence electrons. The maximum absolute atomic E-state index is 12.2. The summed E-state index contributed by atoms with van der Waals surface area (Å²) in [6, 6.07) is 4.29. The van der Waals surface area contributed by atoms with E-state index in [0.717, 1.165) is 17.8 Å². The Labute approximate surface area is 126 Å². The highest BCUT2D eigenvalue weighted by Crippen LogP contribution is 2.23. The Hall–Kier alpha value is -0.430. The molecule has 0 saturated heterocycles. The third kappa shape index (κ3) is 4.55. The second-order valence-electron chi connectivity index (χ2n) is 5.85. The molecule has 1 heterocycles. The van der Waals surface area contributed by atoms with Crippen LogP contribution < -0.4 is 10.0 Å². The highest BCUT2D eigenvalue weighted by molar-refractivity contribution is 7.91. The molecule has 20 heavy (non-hydrogen) atoms. The number of rotatable bonds is 8. The molecule has 0 bridgehead atoms. The van der Waals surface area contributed by atoms with Crippen LogP contribution in [0.15, 0.2) is 16.3 Å². The Balaban J connectivity index is 1.92. The zero-order valence-corrected chi connectivity index (χ0v) is 14.0. The molecular formula is C14H24N2O2S2. The van der Waals surface area contributed by atoms with Crippen LogP contribution in [0, 0.1) is 5.92 Å². The SMILES string of the molecule is CC(C)C(C)NS(=O)(=O)c1ccc(CCNC2CC2)s1. The van der Waals surface area contributed by atoms with Gasteiger partial charge in [0.25, 0.3) is 0 Å². The summed E-state index contributed by atoms with van der Waals surface area (Å²) in [5.41, 5.74) is 0. The molecule has 1 aromatic heterocycles. The van der Waals surface area contributed by atoms with E-state index in [1.165, 1.54) is 24.2 Å². The average Bonchev–Trinajstić information content (AvgIpc) is 3.04. The van der Waals surface area contributed by atoms with Gasteiger partial charge in [0.15, 0.2) is 0 Å². The van der Waals surface area contributed by atoms with Crippen molar-refractivity contribution in [3.8, 4) is 0 Å². The molecule has 0 spiro atoms. The van der Waals surface area contributed by atoms with Crippen LogP contribution in [-0.2, 0) is 16.4 Å². The highest BCUT2D eigenvalue weighted by atomic mass is 32.2. The van der Waals surface area contributed by atoms with Crippen molar-refractivity contribution in [3.63, 3.8) is 0 Å². The summed E-state index contributed by atoms with van der Waals surface area (Å²) in [5.74, 6) is 0.284. The molecule has 1 aromatic rings. The van der Waals surface area contributed by atoms with Crippen molar-refractivity contribution in [3.05, 3.63) is 17.0 Å². The summed E-state index contributed by atoms with van der Waals surface area (Å²) >= 11 is 1.38. The van der Waals surface area contributed by atoms with Crippen molar-refractivity contribution < 1.29 is 8.42 Å². The standard InChI is InChI=1S/C14H24N2O2S2/c1-10(2)11(3)16-20(17,18)14-7-6-13(19-14)8-9-15-12-4-5-12/h6-7,10-12,15-16H,4-5,8-9H2,1-3H3. The van der Waals surface area contributed by atoms with Gasteiger partial charge in [-0.25, -0.2) is 13.1 Å². The third-order valence-corrected chi connectivity index (χ3v) is 6.82. The number of thiophene rings is 1. The fourth-order valence-corrected chi connectivity index (χ4v) is 4.53. The summed E-state index contributed by atoms with van der Waals surface area (Å²) < 4.78 is 27.6. The Morgan fingerprint density at radius 2 is 2.00 bits per heavy atom. The molecule has 1 unspecified atom stereocenters. The second-order valence-corrected chi connectivity index (χ2v) is 8.96. The van der Waals surface area contributed by atoms with E-state index in [2.05, 4.69) is 10.0 Å². The predicted octanol–water partition coefficient (Wildman–Crippen LogP) is 2.37. The number of nitrogens with one attached hydrogen (secondary N) is 2. The van der Waals surface area contributed by atoms with Crippen LogP contribution in [0.4, 0.5) is 0 Å². The quantitative estimate of drug-likeness (QED) is 0.774. The van der Waals surface area contributed by atoms with Crippen LogP contribution in [0.1, 0.15) is 38.5 Å². The first kappa shape index (κ1) is 15.9. The van der Waals surface area contributed by atoms with Gasteiger partial charge in [-0.2, -0.15) is 0 Å². The molecule has 2 rings (SSSR count). The van der Waals surface area contributed by atoms with E-state index in [1.807, 2.05) is 26.8 Å². The van der Waals surface area contributed by atoms with Gasteiger partial charge in [-0.1, -0.05) is 13.8 Å². The molecule has 1 aliphatic rings. The third-order valence-electron chi connectivity index (χ3n) is 3.62. The van der Waals surface area contributed by atoms with E-state index in [1.54, 1.807) is 6.07 Å². The van der Waals surface area contributed by atoms with Crippen LogP contribution in [0.2, 0.25) is 0 Å². The monoisotopic (exact) mass is 316 g/mol. The molecule has 2 N–H and O–H groups in total. The van der Waals surface area contributed by atoms with Crippen molar-refractivity contribution in [1.29, 1.82) is 0 Å². The number of hydrogen-bond donors (Lipinski definition) is 2.